The number of benzene rings is 2. The summed E-state index contributed by atoms with van der Waals surface area (Å²) < 4.78 is 20.4. The standard InChI is InChI=1S/C29H31ClFN5O4/c1-17-16-34(28(39)40-29(2,3)4)13-14-35(17)25-19-15-20(30)24(23-21(31)11-8-12-22(23)37)32-26(19)36(27(38)33-25)18-9-6-5-7-10-18/h5-12,15,17,25,37H,13-14,16H2,1-4H3,(H,33,38)/t17-,25?/m0/s1. The molecule has 11 heteroatoms. The lowest BCUT2D eigenvalue weighted by molar-refractivity contribution is -0.00489. The number of carbonyl (C=O) groups excluding carboxylic acids is 2. The van der Waals surface area contributed by atoms with E-state index in [9.17, 15) is 19.1 Å². The maximum absolute atomic E-state index is 14.9. The summed E-state index contributed by atoms with van der Waals surface area (Å²) in [6.45, 7) is 8.67. The van der Waals surface area contributed by atoms with Gasteiger partial charge in [-0.25, -0.2) is 23.9 Å². The number of aromatic hydroxyl groups is 1. The molecule has 3 heterocycles. The number of fused-ring (bicyclic) bond motifs is 1. The highest BCUT2D eigenvalue weighted by Gasteiger charge is 2.41. The number of hydrogen-bond donors (Lipinski definition) is 2. The number of ether oxygens (including phenoxy) is 1. The number of phenolic OH excluding ortho intramolecular Hbond substituents is 1. The molecule has 0 bridgehead atoms. The Bertz CT molecular complexity index is 1430. The molecule has 0 spiro atoms. The molecule has 2 atom stereocenters. The largest absolute Gasteiger partial charge is 0.507 e. The van der Waals surface area contributed by atoms with Gasteiger partial charge in [0.25, 0.3) is 0 Å². The van der Waals surface area contributed by atoms with Crippen molar-refractivity contribution in [2.45, 2.75) is 45.5 Å². The maximum Gasteiger partial charge on any atom is 0.410 e. The highest BCUT2D eigenvalue weighted by molar-refractivity contribution is 6.33. The predicted molar refractivity (Wildman–Crippen MR) is 150 cm³/mol. The number of piperazine rings is 1. The van der Waals surface area contributed by atoms with Gasteiger partial charge >= 0.3 is 12.1 Å². The Kier molecular flexibility index (Phi) is 7.32. The van der Waals surface area contributed by atoms with Crippen LogP contribution in [0.2, 0.25) is 5.02 Å². The molecule has 40 heavy (non-hydrogen) atoms. The Hall–Kier alpha value is -3.89. The molecular weight excluding hydrogens is 537 g/mol. The lowest BCUT2D eigenvalue weighted by atomic mass is 10.0. The molecule has 2 aliphatic rings. The summed E-state index contributed by atoms with van der Waals surface area (Å²) in [7, 11) is 0. The number of phenols is 1. The van der Waals surface area contributed by atoms with Crippen LogP contribution in [0.5, 0.6) is 5.75 Å². The molecule has 0 radical (unpaired) electrons. The molecule has 0 aliphatic carbocycles. The van der Waals surface area contributed by atoms with E-state index in [0.29, 0.717) is 30.9 Å². The summed E-state index contributed by atoms with van der Waals surface area (Å²) in [4.78, 5) is 36.1. The van der Waals surface area contributed by atoms with Crippen molar-refractivity contribution >= 4 is 35.2 Å². The summed E-state index contributed by atoms with van der Waals surface area (Å²) in [5.41, 5.74) is 0.423. The fraction of sp³-hybridized carbons (Fsp3) is 0.345. The molecular formula is C29H31ClFN5O4. The van der Waals surface area contributed by atoms with Gasteiger partial charge in [-0.3, -0.25) is 4.90 Å². The Morgan fingerprint density at radius 3 is 2.52 bits per heavy atom. The van der Waals surface area contributed by atoms with E-state index in [2.05, 4.69) is 15.2 Å². The lowest BCUT2D eigenvalue weighted by Crippen LogP contribution is -2.60. The van der Waals surface area contributed by atoms with Crippen LogP contribution in [0.1, 0.15) is 39.4 Å². The summed E-state index contributed by atoms with van der Waals surface area (Å²) >= 11 is 6.68. The zero-order valence-electron chi connectivity index (χ0n) is 22.7. The van der Waals surface area contributed by atoms with Gasteiger partial charge in [0.1, 0.15) is 29.2 Å². The summed E-state index contributed by atoms with van der Waals surface area (Å²) in [5.74, 6) is -0.739. The minimum Gasteiger partial charge on any atom is -0.507 e. The topological polar surface area (TPSA) is 98.2 Å². The average Bonchev–Trinajstić information content (AvgIpc) is 2.88. The molecule has 3 aromatic rings. The van der Waals surface area contributed by atoms with Crippen molar-refractivity contribution in [1.29, 1.82) is 0 Å². The number of halogens is 2. The van der Waals surface area contributed by atoms with Crippen molar-refractivity contribution in [3.05, 3.63) is 71.0 Å². The van der Waals surface area contributed by atoms with Crippen LogP contribution in [-0.2, 0) is 4.74 Å². The first-order chi connectivity index (χ1) is 18.9. The summed E-state index contributed by atoms with van der Waals surface area (Å²) in [5, 5.41) is 13.6. The molecule has 2 aliphatic heterocycles. The monoisotopic (exact) mass is 567 g/mol. The van der Waals surface area contributed by atoms with E-state index in [-0.39, 0.29) is 40.0 Å². The molecule has 1 unspecified atom stereocenters. The zero-order chi connectivity index (χ0) is 28.8. The van der Waals surface area contributed by atoms with Gasteiger partial charge in [-0.2, -0.15) is 0 Å². The first kappa shape index (κ1) is 27.7. The van der Waals surface area contributed by atoms with E-state index in [0.717, 1.165) is 0 Å². The van der Waals surface area contributed by atoms with Crippen LogP contribution >= 0.6 is 11.6 Å². The van der Waals surface area contributed by atoms with Gasteiger partial charge in [-0.05, 0) is 58.0 Å². The Morgan fingerprint density at radius 2 is 1.88 bits per heavy atom. The number of hydrogen-bond acceptors (Lipinski definition) is 6. The fourth-order valence-electron chi connectivity index (χ4n) is 5.08. The van der Waals surface area contributed by atoms with Crippen LogP contribution in [0.25, 0.3) is 11.3 Å². The quantitative estimate of drug-likeness (QED) is 0.400. The molecule has 5 rings (SSSR count). The number of anilines is 2. The van der Waals surface area contributed by atoms with Crippen LogP contribution in [-0.4, -0.2) is 63.3 Å². The second-order valence-corrected chi connectivity index (χ2v) is 11.3. The molecule has 9 nitrogen and oxygen atoms in total. The Labute approximate surface area is 237 Å². The van der Waals surface area contributed by atoms with Crippen LogP contribution in [0.15, 0.2) is 54.6 Å². The number of pyridine rings is 1. The third kappa shape index (κ3) is 5.29. The average molecular weight is 568 g/mol. The molecule has 0 saturated carbocycles. The van der Waals surface area contributed by atoms with E-state index in [1.165, 1.54) is 23.1 Å². The van der Waals surface area contributed by atoms with Gasteiger partial charge in [0.15, 0.2) is 0 Å². The van der Waals surface area contributed by atoms with E-state index < -0.39 is 23.6 Å². The van der Waals surface area contributed by atoms with Gasteiger partial charge in [0, 0.05) is 31.2 Å². The van der Waals surface area contributed by atoms with Crippen molar-refractivity contribution < 1.29 is 23.8 Å². The normalized spacial score (nSPS) is 19.7. The highest BCUT2D eigenvalue weighted by Crippen LogP contribution is 2.43. The van der Waals surface area contributed by atoms with E-state index in [1.54, 1.807) is 35.2 Å². The van der Waals surface area contributed by atoms with Gasteiger partial charge < -0.3 is 20.1 Å². The molecule has 2 N–H and O–H groups in total. The number of amides is 3. The second kappa shape index (κ2) is 10.6. The highest BCUT2D eigenvalue weighted by atomic mass is 35.5. The molecule has 2 aromatic carbocycles. The summed E-state index contributed by atoms with van der Waals surface area (Å²) in [6.07, 6.45) is -1.01. The number of nitrogens with zero attached hydrogens (tertiary/aromatic N) is 4. The molecule has 1 fully saturated rings. The zero-order valence-corrected chi connectivity index (χ0v) is 23.4. The number of carbonyl (C=O) groups is 2. The van der Waals surface area contributed by atoms with E-state index in [4.69, 9.17) is 16.3 Å². The first-order valence-electron chi connectivity index (χ1n) is 13.0. The predicted octanol–water partition coefficient (Wildman–Crippen LogP) is 6.05. The van der Waals surface area contributed by atoms with Crippen LogP contribution in [0.3, 0.4) is 0 Å². The number of rotatable bonds is 3. The van der Waals surface area contributed by atoms with Gasteiger partial charge in [-0.1, -0.05) is 35.9 Å². The lowest BCUT2D eigenvalue weighted by Gasteiger charge is -2.46. The first-order valence-corrected chi connectivity index (χ1v) is 13.4. The molecule has 210 valence electrons. The van der Waals surface area contributed by atoms with Crippen molar-refractivity contribution in [3.8, 4) is 17.0 Å². The molecule has 1 saturated heterocycles. The van der Waals surface area contributed by atoms with Crippen LogP contribution in [0.4, 0.5) is 25.5 Å². The van der Waals surface area contributed by atoms with Crippen molar-refractivity contribution in [1.82, 2.24) is 20.1 Å². The van der Waals surface area contributed by atoms with E-state index in [1.807, 2.05) is 33.8 Å². The van der Waals surface area contributed by atoms with Crippen molar-refractivity contribution in [3.63, 3.8) is 0 Å². The number of nitrogens with one attached hydrogen (secondary N) is 1. The third-order valence-corrected chi connectivity index (χ3v) is 7.15. The molecule has 1 aromatic heterocycles. The minimum atomic E-state index is -0.690. The Balaban J connectivity index is 1.56. The van der Waals surface area contributed by atoms with Gasteiger partial charge in [-0.15, -0.1) is 0 Å². The second-order valence-electron chi connectivity index (χ2n) is 10.9. The number of urea groups is 1. The number of aromatic nitrogens is 1. The SMILES string of the molecule is C[C@H]1CN(C(=O)OC(C)(C)C)CCN1C1NC(=O)N(c2ccccc2)c2nc(-c3c(O)cccc3F)c(Cl)cc21. The minimum absolute atomic E-state index is 0.0215. The molecule has 3 amide bonds. The maximum atomic E-state index is 14.9. The summed E-state index contributed by atoms with van der Waals surface area (Å²) in [6, 6.07) is 14.0. The van der Waals surface area contributed by atoms with E-state index >= 15 is 0 Å². The van der Waals surface area contributed by atoms with Crippen molar-refractivity contribution in [2.75, 3.05) is 24.5 Å². The van der Waals surface area contributed by atoms with Gasteiger partial charge in [0.2, 0.25) is 0 Å². The third-order valence-electron chi connectivity index (χ3n) is 6.86. The van der Waals surface area contributed by atoms with Gasteiger partial charge in [0.05, 0.1) is 22.0 Å². The van der Waals surface area contributed by atoms with Crippen molar-refractivity contribution in [2.24, 2.45) is 0 Å². The smallest absolute Gasteiger partial charge is 0.410 e. The van der Waals surface area contributed by atoms with Crippen LogP contribution < -0.4 is 10.2 Å². The fourth-order valence-corrected chi connectivity index (χ4v) is 5.33. The Morgan fingerprint density at radius 1 is 1.15 bits per heavy atom. The van der Waals surface area contributed by atoms with Crippen LogP contribution in [0, 0.1) is 5.82 Å². The number of para-hydroxylation sites is 1.